The van der Waals surface area contributed by atoms with E-state index in [0.717, 1.165) is 6.08 Å². The standard InChI is InChI=1S/C22H17FN2O4/c1-13-5-4-6-14(20(13)23)10-25-11-17(16-7-2-3-8-18(16)25)21(27)22(28)24-15-9-19(26)29-12-15/h2-9,11H,10,12H2,1H3,(H,24,28). The van der Waals surface area contributed by atoms with Gasteiger partial charge in [0.15, 0.2) is 0 Å². The Morgan fingerprint density at radius 2 is 1.97 bits per heavy atom. The number of hydrogen-bond donors (Lipinski definition) is 1. The van der Waals surface area contributed by atoms with Crippen LogP contribution in [0.4, 0.5) is 4.39 Å². The van der Waals surface area contributed by atoms with Crippen molar-refractivity contribution in [2.75, 3.05) is 6.61 Å². The van der Waals surface area contributed by atoms with E-state index in [4.69, 9.17) is 4.74 Å². The van der Waals surface area contributed by atoms with Gasteiger partial charge in [0.05, 0.1) is 17.8 Å². The fourth-order valence-corrected chi connectivity index (χ4v) is 3.34. The third-order valence-electron chi connectivity index (χ3n) is 4.79. The number of ketones is 1. The highest BCUT2D eigenvalue weighted by molar-refractivity contribution is 6.45. The van der Waals surface area contributed by atoms with Crippen molar-refractivity contribution in [2.45, 2.75) is 13.5 Å². The van der Waals surface area contributed by atoms with Crippen LogP contribution in [0.3, 0.4) is 0 Å². The van der Waals surface area contributed by atoms with Gasteiger partial charge in [0.2, 0.25) is 0 Å². The third kappa shape index (κ3) is 3.54. The topological polar surface area (TPSA) is 77.4 Å². The molecular weight excluding hydrogens is 375 g/mol. The highest BCUT2D eigenvalue weighted by atomic mass is 19.1. The van der Waals surface area contributed by atoms with Crippen LogP contribution in [-0.4, -0.2) is 28.8 Å². The summed E-state index contributed by atoms with van der Waals surface area (Å²) in [6.07, 6.45) is 2.69. The Kier molecular flexibility index (Phi) is 4.72. The van der Waals surface area contributed by atoms with E-state index >= 15 is 0 Å². The van der Waals surface area contributed by atoms with E-state index in [0.29, 0.717) is 22.0 Å². The maximum absolute atomic E-state index is 14.4. The van der Waals surface area contributed by atoms with Crippen molar-refractivity contribution in [3.05, 3.63) is 82.9 Å². The van der Waals surface area contributed by atoms with Gasteiger partial charge in [-0.15, -0.1) is 0 Å². The van der Waals surface area contributed by atoms with Crippen LogP contribution in [-0.2, 0) is 20.9 Å². The molecule has 0 aliphatic carbocycles. The number of ether oxygens (including phenoxy) is 1. The normalized spacial score (nSPS) is 13.3. The lowest BCUT2D eigenvalue weighted by Crippen LogP contribution is -2.31. The van der Waals surface area contributed by atoms with E-state index in [-0.39, 0.29) is 30.2 Å². The zero-order valence-corrected chi connectivity index (χ0v) is 15.6. The Balaban J connectivity index is 1.68. The van der Waals surface area contributed by atoms with Crippen LogP contribution in [0.15, 0.2) is 60.4 Å². The van der Waals surface area contributed by atoms with Gasteiger partial charge in [-0.3, -0.25) is 9.59 Å². The lowest BCUT2D eigenvalue weighted by atomic mass is 10.1. The average Bonchev–Trinajstić information content (AvgIpc) is 3.28. The molecule has 0 fully saturated rings. The Morgan fingerprint density at radius 3 is 2.72 bits per heavy atom. The van der Waals surface area contributed by atoms with E-state index in [1.54, 1.807) is 48.0 Å². The summed E-state index contributed by atoms with van der Waals surface area (Å²) in [6, 6.07) is 12.3. The number of hydrogen-bond acceptors (Lipinski definition) is 4. The molecule has 2 heterocycles. The minimum Gasteiger partial charge on any atom is -0.456 e. The summed E-state index contributed by atoms with van der Waals surface area (Å²) in [5.74, 6) is -2.47. The second-order valence-electron chi connectivity index (χ2n) is 6.80. The highest BCUT2D eigenvalue weighted by Gasteiger charge is 2.24. The highest BCUT2D eigenvalue weighted by Crippen LogP contribution is 2.24. The van der Waals surface area contributed by atoms with E-state index in [9.17, 15) is 18.8 Å². The second kappa shape index (κ2) is 7.35. The average molecular weight is 392 g/mol. The Labute approximate surface area is 165 Å². The number of nitrogens with zero attached hydrogens (tertiary/aromatic N) is 1. The van der Waals surface area contributed by atoms with Crippen molar-refractivity contribution in [1.82, 2.24) is 9.88 Å². The first-order valence-electron chi connectivity index (χ1n) is 8.99. The molecule has 1 amide bonds. The maximum Gasteiger partial charge on any atom is 0.333 e. The van der Waals surface area contributed by atoms with Crippen LogP contribution in [0.25, 0.3) is 10.9 Å². The van der Waals surface area contributed by atoms with Crippen molar-refractivity contribution < 1.29 is 23.5 Å². The first kappa shape index (κ1) is 18.6. The number of esters is 1. The van der Waals surface area contributed by atoms with Gasteiger partial charge in [-0.25, -0.2) is 9.18 Å². The van der Waals surface area contributed by atoms with E-state index in [2.05, 4.69) is 5.32 Å². The molecule has 2 aromatic carbocycles. The van der Waals surface area contributed by atoms with Crippen LogP contribution in [0, 0.1) is 12.7 Å². The number of carbonyl (C=O) groups excluding carboxylic acids is 3. The zero-order valence-electron chi connectivity index (χ0n) is 15.6. The number of nitrogens with one attached hydrogen (secondary N) is 1. The number of amides is 1. The molecule has 1 aliphatic heterocycles. The minimum absolute atomic E-state index is 0.0771. The predicted molar refractivity (Wildman–Crippen MR) is 104 cm³/mol. The van der Waals surface area contributed by atoms with Crippen molar-refractivity contribution in [3.8, 4) is 0 Å². The fourth-order valence-electron chi connectivity index (χ4n) is 3.34. The van der Waals surface area contributed by atoms with Crippen LogP contribution < -0.4 is 5.32 Å². The number of aromatic nitrogens is 1. The fraction of sp³-hybridized carbons (Fsp3) is 0.136. The van der Waals surface area contributed by atoms with Gasteiger partial charge in [-0.2, -0.15) is 0 Å². The third-order valence-corrected chi connectivity index (χ3v) is 4.79. The molecule has 0 radical (unpaired) electrons. The number of Topliss-reactive ketones (excluding diaryl/α,β-unsaturated/α-hetero) is 1. The lowest BCUT2D eigenvalue weighted by molar-refractivity contribution is -0.135. The van der Waals surface area contributed by atoms with Crippen molar-refractivity contribution in [3.63, 3.8) is 0 Å². The molecule has 0 saturated heterocycles. The van der Waals surface area contributed by atoms with Crippen molar-refractivity contribution in [1.29, 1.82) is 0 Å². The first-order chi connectivity index (χ1) is 13.9. The minimum atomic E-state index is -0.862. The Morgan fingerprint density at radius 1 is 1.17 bits per heavy atom. The molecule has 6 nitrogen and oxygen atoms in total. The first-order valence-corrected chi connectivity index (χ1v) is 8.99. The molecule has 0 unspecified atom stereocenters. The quantitative estimate of drug-likeness (QED) is 0.412. The summed E-state index contributed by atoms with van der Waals surface area (Å²) < 4.78 is 20.9. The summed E-state index contributed by atoms with van der Waals surface area (Å²) in [6.45, 7) is 1.83. The van der Waals surface area contributed by atoms with E-state index in [1.807, 2.05) is 12.1 Å². The number of rotatable bonds is 5. The summed E-state index contributed by atoms with van der Waals surface area (Å²) in [5, 5.41) is 3.00. The van der Waals surface area contributed by atoms with Crippen LogP contribution in [0.1, 0.15) is 21.5 Å². The van der Waals surface area contributed by atoms with E-state index < -0.39 is 17.7 Å². The van der Waals surface area contributed by atoms with Gasteiger partial charge in [-0.1, -0.05) is 36.4 Å². The molecule has 4 rings (SSSR count). The zero-order chi connectivity index (χ0) is 20.5. The summed E-state index contributed by atoms with van der Waals surface area (Å²) in [4.78, 5) is 36.3. The number of para-hydroxylation sites is 1. The molecule has 7 heteroatoms. The number of halogens is 1. The summed E-state index contributed by atoms with van der Waals surface area (Å²) in [5.41, 5.74) is 2.18. The molecule has 3 aromatic rings. The second-order valence-corrected chi connectivity index (χ2v) is 6.80. The van der Waals surface area contributed by atoms with Crippen molar-refractivity contribution in [2.24, 2.45) is 0 Å². The molecule has 29 heavy (non-hydrogen) atoms. The molecule has 0 atom stereocenters. The maximum atomic E-state index is 14.4. The predicted octanol–water partition coefficient (Wildman–Crippen LogP) is 2.88. The molecule has 1 aromatic heterocycles. The summed E-state index contributed by atoms with van der Waals surface area (Å²) >= 11 is 0. The van der Waals surface area contributed by atoms with Gasteiger partial charge in [0.25, 0.3) is 11.7 Å². The van der Waals surface area contributed by atoms with Crippen molar-refractivity contribution >= 4 is 28.6 Å². The number of cyclic esters (lactones) is 1. The Bertz CT molecular complexity index is 1190. The molecular formula is C22H17FN2O4. The van der Waals surface area contributed by atoms with Crippen LogP contribution in [0.5, 0.6) is 0 Å². The molecule has 0 bridgehead atoms. The smallest absolute Gasteiger partial charge is 0.333 e. The lowest BCUT2D eigenvalue weighted by Gasteiger charge is -2.08. The number of carbonyl (C=O) groups is 3. The van der Waals surface area contributed by atoms with Gasteiger partial charge in [0.1, 0.15) is 12.4 Å². The number of benzene rings is 2. The van der Waals surface area contributed by atoms with Gasteiger partial charge in [-0.05, 0) is 18.6 Å². The molecule has 0 spiro atoms. The molecule has 1 aliphatic rings. The van der Waals surface area contributed by atoms with Crippen LogP contribution in [0.2, 0.25) is 0 Å². The molecule has 1 N–H and O–H groups in total. The Hall–Kier alpha value is -3.74. The van der Waals surface area contributed by atoms with E-state index in [1.165, 1.54) is 0 Å². The van der Waals surface area contributed by atoms with Crippen LogP contribution >= 0.6 is 0 Å². The molecule has 146 valence electrons. The SMILES string of the molecule is Cc1cccc(Cn2cc(C(=O)C(=O)NC3=CC(=O)OC3)c3ccccc32)c1F. The van der Waals surface area contributed by atoms with Gasteiger partial charge in [0, 0.05) is 28.7 Å². The number of aryl methyl sites for hydroxylation is 1. The van der Waals surface area contributed by atoms with Gasteiger partial charge >= 0.3 is 5.97 Å². The largest absolute Gasteiger partial charge is 0.456 e. The molecule has 0 saturated carbocycles. The number of fused-ring (bicyclic) bond motifs is 1. The summed E-state index contributed by atoms with van der Waals surface area (Å²) in [7, 11) is 0. The monoisotopic (exact) mass is 392 g/mol. The van der Waals surface area contributed by atoms with Gasteiger partial charge < -0.3 is 14.6 Å².